The van der Waals surface area contributed by atoms with Crippen LogP contribution in [0.1, 0.15) is 0 Å². The fraction of sp³-hybridized carbons (Fsp3) is 0. The van der Waals surface area contributed by atoms with Crippen LogP contribution in [0.25, 0.3) is 89.5 Å². The van der Waals surface area contributed by atoms with Crippen molar-refractivity contribution in [2.75, 3.05) is 0 Å². The van der Waals surface area contributed by atoms with Crippen LogP contribution < -0.4 is 27.3 Å². The lowest BCUT2D eigenvalue weighted by atomic mass is 9.60. The third kappa shape index (κ3) is 5.86. The lowest BCUT2D eigenvalue weighted by Gasteiger charge is -2.20. The van der Waals surface area contributed by atoms with Gasteiger partial charge in [0.1, 0.15) is 50.4 Å². The minimum Gasteiger partial charge on any atom is -0.456 e. The molecule has 0 bridgehead atoms. The van der Waals surface area contributed by atoms with Crippen LogP contribution in [0.4, 0.5) is 0 Å². The molecule has 0 atom stereocenters. The highest BCUT2D eigenvalue weighted by atomic mass is 16.3. The summed E-state index contributed by atoms with van der Waals surface area (Å²) in [6.07, 6.45) is 0. The Hall–Kier alpha value is -6.33. The van der Waals surface area contributed by atoms with Gasteiger partial charge in [-0.25, -0.2) is 15.0 Å². The summed E-state index contributed by atoms with van der Waals surface area (Å²) in [5.41, 5.74) is 17.8. The van der Waals surface area contributed by atoms with Gasteiger partial charge in [0, 0.05) is 27.5 Å². The summed E-state index contributed by atoms with van der Waals surface area (Å²) in [5.74, 6) is 1.95. The van der Waals surface area contributed by atoms with Crippen LogP contribution >= 0.6 is 0 Å². The molecule has 0 aliphatic carbocycles. The average molecular weight is 687 g/mol. The van der Waals surface area contributed by atoms with Crippen LogP contribution in [-0.4, -0.2) is 54.2 Å². The van der Waals surface area contributed by atoms with Crippen molar-refractivity contribution in [2.45, 2.75) is 0 Å². The molecule has 9 aromatic rings. The molecule has 0 aliphatic heterocycles. The van der Waals surface area contributed by atoms with Gasteiger partial charge in [-0.05, 0) is 51.6 Å². The van der Waals surface area contributed by atoms with Gasteiger partial charge in [0.05, 0.1) is 0 Å². The minimum absolute atomic E-state index is 0.620. The van der Waals surface area contributed by atoms with E-state index in [0.717, 1.165) is 49.8 Å². The summed E-state index contributed by atoms with van der Waals surface area (Å²) in [6.45, 7) is 0. The van der Waals surface area contributed by atoms with Crippen LogP contribution in [0.15, 0.2) is 150 Å². The second kappa shape index (κ2) is 13.6. The molecule has 0 amide bonds. The Morgan fingerprint density at radius 2 is 0.815 bits per heavy atom. The molecule has 250 valence electrons. The SMILES string of the molecule is Bc1c(B)c(B)c(-c2nc(-c3ccccc3)nc(-c3cccc4oc5ccc(-c6ccc(-c7ccc(-c8ccccc8)cc7)cc6)cc5c34)n2)c(B)c1B. The Labute approximate surface area is 319 Å². The third-order valence-electron chi connectivity index (χ3n) is 11.2. The molecular weight excluding hydrogens is 653 g/mol. The van der Waals surface area contributed by atoms with Gasteiger partial charge in [0.25, 0.3) is 0 Å². The largest absolute Gasteiger partial charge is 0.456 e. The van der Waals surface area contributed by atoms with Crippen molar-refractivity contribution in [2.24, 2.45) is 0 Å². The number of fused-ring (bicyclic) bond motifs is 3. The van der Waals surface area contributed by atoms with E-state index in [4.69, 9.17) is 19.4 Å². The highest BCUT2D eigenvalue weighted by Crippen LogP contribution is 2.38. The molecule has 9 heteroatoms. The third-order valence-corrected chi connectivity index (χ3v) is 11.2. The number of nitrogens with zero attached hydrogens (tertiary/aromatic N) is 3. The molecule has 0 spiro atoms. The summed E-state index contributed by atoms with van der Waals surface area (Å²) < 4.78 is 6.47. The molecule has 0 saturated carbocycles. The van der Waals surface area contributed by atoms with Crippen LogP contribution in [0.3, 0.4) is 0 Å². The number of hydrogen-bond acceptors (Lipinski definition) is 4. The zero-order valence-corrected chi connectivity index (χ0v) is 31.1. The van der Waals surface area contributed by atoms with Gasteiger partial charge in [-0.15, -0.1) is 16.4 Å². The fourth-order valence-corrected chi connectivity index (χ4v) is 7.69. The Morgan fingerprint density at radius 3 is 1.41 bits per heavy atom. The molecular formula is C45H34B5N3O. The van der Waals surface area contributed by atoms with E-state index >= 15 is 0 Å². The van der Waals surface area contributed by atoms with E-state index in [-0.39, 0.29) is 0 Å². The molecule has 7 aromatic carbocycles. The Morgan fingerprint density at radius 1 is 0.352 bits per heavy atom. The van der Waals surface area contributed by atoms with Crippen molar-refractivity contribution in [3.63, 3.8) is 0 Å². The van der Waals surface area contributed by atoms with E-state index in [1.165, 1.54) is 49.6 Å². The molecule has 0 N–H and O–H groups in total. The maximum absolute atomic E-state index is 6.47. The average Bonchev–Trinajstić information content (AvgIpc) is 3.61. The van der Waals surface area contributed by atoms with Crippen molar-refractivity contribution in [1.82, 2.24) is 15.0 Å². The summed E-state index contributed by atoms with van der Waals surface area (Å²) >= 11 is 0. The van der Waals surface area contributed by atoms with E-state index in [9.17, 15) is 0 Å². The van der Waals surface area contributed by atoms with Crippen molar-refractivity contribution in [3.05, 3.63) is 146 Å². The van der Waals surface area contributed by atoms with Crippen LogP contribution in [0.5, 0.6) is 0 Å². The summed E-state index contributed by atoms with van der Waals surface area (Å²) in [7, 11) is 10.9. The predicted molar refractivity (Wildman–Crippen MR) is 241 cm³/mol. The number of aromatic nitrogens is 3. The van der Waals surface area contributed by atoms with E-state index in [2.05, 4.69) is 148 Å². The molecule has 0 fully saturated rings. The van der Waals surface area contributed by atoms with Gasteiger partial charge in [-0.3, -0.25) is 0 Å². The van der Waals surface area contributed by atoms with E-state index < -0.39 is 0 Å². The first-order chi connectivity index (χ1) is 26.3. The quantitative estimate of drug-likeness (QED) is 0.253. The van der Waals surface area contributed by atoms with Crippen molar-refractivity contribution in [3.8, 4) is 67.5 Å². The summed E-state index contributed by atoms with van der Waals surface area (Å²) in [4.78, 5) is 15.5. The monoisotopic (exact) mass is 687 g/mol. The van der Waals surface area contributed by atoms with Crippen molar-refractivity contribution >= 4 is 88.5 Å². The molecule has 2 aromatic heterocycles. The molecule has 4 nitrogen and oxygen atoms in total. The maximum Gasteiger partial charge on any atom is 0.164 e. The van der Waals surface area contributed by atoms with E-state index in [1.807, 2.05) is 36.4 Å². The van der Waals surface area contributed by atoms with Gasteiger partial charge in [-0.1, -0.05) is 138 Å². The highest BCUT2D eigenvalue weighted by molar-refractivity contribution is 6.68. The molecule has 0 saturated heterocycles. The molecule has 0 radical (unpaired) electrons. The zero-order valence-electron chi connectivity index (χ0n) is 31.1. The van der Waals surface area contributed by atoms with Crippen molar-refractivity contribution < 1.29 is 4.42 Å². The fourth-order valence-electron chi connectivity index (χ4n) is 7.69. The second-order valence-electron chi connectivity index (χ2n) is 14.2. The molecule has 9 rings (SSSR count). The smallest absolute Gasteiger partial charge is 0.164 e. The van der Waals surface area contributed by atoms with Crippen LogP contribution in [0, 0.1) is 0 Å². The number of rotatable bonds is 6. The summed E-state index contributed by atoms with van der Waals surface area (Å²) in [5, 5.41) is 2.02. The first-order valence-electron chi connectivity index (χ1n) is 18.4. The lowest BCUT2D eigenvalue weighted by molar-refractivity contribution is 0.669. The number of benzene rings is 7. The minimum atomic E-state index is 0.620. The number of furan rings is 1. The maximum atomic E-state index is 6.47. The van der Waals surface area contributed by atoms with Gasteiger partial charge in [-0.2, -0.15) is 0 Å². The molecule has 2 heterocycles. The predicted octanol–water partition coefficient (Wildman–Crippen LogP) is 3.07. The zero-order chi connectivity index (χ0) is 36.9. The van der Waals surface area contributed by atoms with Crippen LogP contribution in [-0.2, 0) is 0 Å². The van der Waals surface area contributed by atoms with E-state index in [0.29, 0.717) is 17.5 Å². The normalized spacial score (nSPS) is 11.3. The van der Waals surface area contributed by atoms with Crippen molar-refractivity contribution in [1.29, 1.82) is 0 Å². The van der Waals surface area contributed by atoms with Gasteiger partial charge < -0.3 is 4.42 Å². The Balaban J connectivity index is 1.15. The lowest BCUT2D eigenvalue weighted by Crippen LogP contribution is -2.55. The Bertz CT molecular complexity index is 2830. The van der Waals surface area contributed by atoms with Gasteiger partial charge in [0.15, 0.2) is 17.5 Å². The molecule has 54 heavy (non-hydrogen) atoms. The van der Waals surface area contributed by atoms with Gasteiger partial charge in [0.2, 0.25) is 0 Å². The Kier molecular flexibility index (Phi) is 8.43. The summed E-state index contributed by atoms with van der Waals surface area (Å²) in [6, 6.07) is 50.8. The van der Waals surface area contributed by atoms with Crippen LogP contribution in [0.2, 0.25) is 0 Å². The first-order valence-corrected chi connectivity index (χ1v) is 18.4. The first kappa shape index (κ1) is 33.5. The van der Waals surface area contributed by atoms with Gasteiger partial charge >= 0.3 is 0 Å². The molecule has 0 unspecified atom stereocenters. The standard InChI is InChI=1S/C45H34B5N3O/c46-38-37(39(47)41(49)42(50)40(38)48)45-52-43(30-10-5-2-6-11-30)51-44(53-45)32-12-7-13-35-36(32)33-24-31(22-23-34(33)54-35)29-20-18-28(19-21-29)27-16-14-26(15-17-27)25-8-3-1-4-9-25/h1-24H,46-50H2. The number of hydrogen-bond donors (Lipinski definition) is 0. The topological polar surface area (TPSA) is 51.8 Å². The van der Waals surface area contributed by atoms with E-state index in [1.54, 1.807) is 0 Å². The molecule has 0 aliphatic rings. The second-order valence-corrected chi connectivity index (χ2v) is 14.2. The highest BCUT2D eigenvalue weighted by Gasteiger charge is 2.21.